The minimum absolute atomic E-state index is 0.199. The highest BCUT2D eigenvalue weighted by molar-refractivity contribution is 6.33. The second-order valence-electron chi connectivity index (χ2n) is 5.79. The second-order valence-corrected chi connectivity index (χ2v) is 5.79. The summed E-state index contributed by atoms with van der Waals surface area (Å²) in [5.74, 6) is -1.46. The molecule has 0 aromatic carbocycles. The first-order valence-corrected chi connectivity index (χ1v) is 8.60. The van der Waals surface area contributed by atoms with Gasteiger partial charge in [0.15, 0.2) is 0 Å². The van der Waals surface area contributed by atoms with Crippen LogP contribution in [0, 0.1) is 0 Å². The first kappa shape index (κ1) is 21.1. The van der Waals surface area contributed by atoms with Crippen LogP contribution in [-0.4, -0.2) is 41.3 Å². The van der Waals surface area contributed by atoms with E-state index in [9.17, 15) is 9.59 Å². The number of carbonyl (C=O) groups is 2. The van der Waals surface area contributed by atoms with E-state index in [1.54, 1.807) is 0 Å². The van der Waals surface area contributed by atoms with E-state index in [1.807, 2.05) is 0 Å². The molecule has 0 aliphatic rings. The van der Waals surface area contributed by atoms with E-state index in [4.69, 9.17) is 10.2 Å². The molecule has 1 atom stereocenters. The van der Waals surface area contributed by atoms with Gasteiger partial charge in [-0.3, -0.25) is 4.79 Å². The van der Waals surface area contributed by atoms with E-state index < -0.39 is 24.5 Å². The first-order chi connectivity index (χ1) is 10.6. The van der Waals surface area contributed by atoms with Crippen molar-refractivity contribution in [3.63, 3.8) is 0 Å². The molecule has 0 saturated heterocycles. The van der Waals surface area contributed by atoms with Crippen molar-refractivity contribution in [1.29, 1.82) is 0 Å². The third kappa shape index (κ3) is 12.8. The average molecular weight is 316 g/mol. The quantitative estimate of drug-likeness (QED) is 0.276. The zero-order valence-electron chi connectivity index (χ0n) is 13.9. The van der Waals surface area contributed by atoms with Crippen molar-refractivity contribution in [3.8, 4) is 0 Å². The zero-order chi connectivity index (χ0) is 16.6. The summed E-state index contributed by atoms with van der Waals surface area (Å²) in [6, 6.07) is 0. The van der Waals surface area contributed by atoms with Gasteiger partial charge < -0.3 is 14.9 Å². The summed E-state index contributed by atoms with van der Waals surface area (Å²) in [5, 5.41) is 17.6. The van der Waals surface area contributed by atoms with Gasteiger partial charge in [0.05, 0.1) is 6.61 Å². The summed E-state index contributed by atoms with van der Waals surface area (Å²) in [6.07, 6.45) is 10.8. The highest BCUT2D eigenvalue weighted by Gasteiger charge is 2.16. The highest BCUT2D eigenvalue weighted by atomic mass is 16.5. The lowest BCUT2D eigenvalue weighted by molar-refractivity contribution is -0.156. The molecular formula is C17H32O5. The minimum Gasteiger partial charge on any atom is -0.457 e. The van der Waals surface area contributed by atoms with Gasteiger partial charge in [0.1, 0.15) is 12.7 Å². The molecule has 0 aliphatic heterocycles. The van der Waals surface area contributed by atoms with Crippen LogP contribution < -0.4 is 0 Å². The van der Waals surface area contributed by atoms with Gasteiger partial charge in [-0.2, -0.15) is 0 Å². The van der Waals surface area contributed by atoms with Crippen LogP contribution in [0.15, 0.2) is 0 Å². The zero-order valence-corrected chi connectivity index (χ0v) is 13.9. The summed E-state index contributed by atoms with van der Waals surface area (Å²) in [4.78, 5) is 22.8. The molecule has 0 spiro atoms. The van der Waals surface area contributed by atoms with Crippen LogP contribution >= 0.6 is 0 Å². The van der Waals surface area contributed by atoms with Crippen molar-refractivity contribution in [1.82, 2.24) is 0 Å². The number of carbonyl (C=O) groups excluding carboxylic acids is 2. The summed E-state index contributed by atoms with van der Waals surface area (Å²) in [5.41, 5.74) is 0. The van der Waals surface area contributed by atoms with Gasteiger partial charge in [-0.1, -0.05) is 64.7 Å². The second kappa shape index (κ2) is 15.0. The standard InChI is InChI=1S/C17H32O5/c1-2-3-4-5-6-7-8-9-10-11-12-16(20)17(21)22-14-15(19)13-18/h15,18-19H,2-14H2,1H3. The van der Waals surface area contributed by atoms with Crippen molar-refractivity contribution in [2.75, 3.05) is 13.2 Å². The lowest BCUT2D eigenvalue weighted by Gasteiger charge is -2.07. The van der Waals surface area contributed by atoms with E-state index >= 15 is 0 Å². The number of unbranched alkanes of at least 4 members (excludes halogenated alkanes) is 9. The molecule has 1 unspecified atom stereocenters. The molecule has 130 valence electrons. The van der Waals surface area contributed by atoms with Gasteiger partial charge in [0, 0.05) is 6.42 Å². The fourth-order valence-electron chi connectivity index (χ4n) is 2.18. The summed E-state index contributed by atoms with van der Waals surface area (Å²) < 4.78 is 4.60. The minimum atomic E-state index is -1.12. The predicted molar refractivity (Wildman–Crippen MR) is 85.5 cm³/mol. The molecule has 0 bridgehead atoms. The van der Waals surface area contributed by atoms with E-state index in [1.165, 1.54) is 44.9 Å². The first-order valence-electron chi connectivity index (χ1n) is 8.60. The fourth-order valence-corrected chi connectivity index (χ4v) is 2.18. The van der Waals surface area contributed by atoms with Gasteiger partial charge in [-0.25, -0.2) is 4.79 Å². The van der Waals surface area contributed by atoms with Crippen molar-refractivity contribution in [2.24, 2.45) is 0 Å². The Morgan fingerprint density at radius 2 is 1.41 bits per heavy atom. The SMILES string of the molecule is CCCCCCCCCCCCC(=O)C(=O)OCC(O)CO. The molecule has 22 heavy (non-hydrogen) atoms. The molecule has 0 rings (SSSR count). The number of esters is 1. The maximum Gasteiger partial charge on any atom is 0.374 e. The predicted octanol–water partition coefficient (Wildman–Crippen LogP) is 2.76. The third-order valence-corrected chi connectivity index (χ3v) is 3.60. The van der Waals surface area contributed by atoms with E-state index in [2.05, 4.69) is 11.7 Å². The van der Waals surface area contributed by atoms with Crippen molar-refractivity contribution in [3.05, 3.63) is 0 Å². The molecule has 0 aromatic rings. The average Bonchev–Trinajstić information content (AvgIpc) is 2.53. The molecule has 2 N–H and O–H groups in total. The molecule has 0 saturated carbocycles. The number of Topliss-reactive ketones (excluding diaryl/α,β-unsaturated/α-hetero) is 1. The maximum absolute atomic E-state index is 11.5. The van der Waals surface area contributed by atoms with E-state index in [-0.39, 0.29) is 13.0 Å². The van der Waals surface area contributed by atoms with Gasteiger partial charge in [0.25, 0.3) is 0 Å². The number of rotatable bonds is 15. The Balaban J connectivity index is 3.39. The van der Waals surface area contributed by atoms with Crippen LogP contribution in [0.2, 0.25) is 0 Å². The molecule has 0 aliphatic carbocycles. The number of aliphatic hydroxyl groups is 2. The Morgan fingerprint density at radius 3 is 1.91 bits per heavy atom. The summed E-state index contributed by atoms with van der Waals surface area (Å²) >= 11 is 0. The van der Waals surface area contributed by atoms with Crippen LogP contribution in [0.3, 0.4) is 0 Å². The van der Waals surface area contributed by atoms with Crippen molar-refractivity contribution < 1.29 is 24.5 Å². The smallest absolute Gasteiger partial charge is 0.374 e. The molecule has 0 amide bonds. The van der Waals surface area contributed by atoms with Crippen LogP contribution in [-0.2, 0) is 14.3 Å². The Hall–Kier alpha value is -0.940. The molecular weight excluding hydrogens is 284 g/mol. The van der Waals surface area contributed by atoms with Crippen LogP contribution in [0.1, 0.15) is 77.6 Å². The number of ether oxygens (including phenoxy) is 1. The Morgan fingerprint density at radius 1 is 0.909 bits per heavy atom. The summed E-state index contributed by atoms with van der Waals surface area (Å²) in [7, 11) is 0. The lowest BCUT2D eigenvalue weighted by Crippen LogP contribution is -2.25. The van der Waals surface area contributed by atoms with Gasteiger partial charge in [-0.15, -0.1) is 0 Å². The Kier molecular flexibility index (Phi) is 14.3. The number of hydrogen-bond donors (Lipinski definition) is 2. The summed E-state index contributed by atoms with van der Waals surface area (Å²) in [6.45, 7) is 1.39. The molecule has 0 aromatic heterocycles. The van der Waals surface area contributed by atoms with Gasteiger partial charge in [-0.05, 0) is 6.42 Å². The molecule has 0 radical (unpaired) electrons. The van der Waals surface area contributed by atoms with E-state index in [0.717, 1.165) is 12.8 Å². The molecule has 5 heteroatoms. The normalized spacial score (nSPS) is 12.1. The topological polar surface area (TPSA) is 83.8 Å². The van der Waals surface area contributed by atoms with Gasteiger partial charge >= 0.3 is 5.97 Å². The van der Waals surface area contributed by atoms with Crippen LogP contribution in [0.5, 0.6) is 0 Å². The van der Waals surface area contributed by atoms with Crippen molar-refractivity contribution >= 4 is 11.8 Å². The highest BCUT2D eigenvalue weighted by Crippen LogP contribution is 2.11. The van der Waals surface area contributed by atoms with E-state index in [0.29, 0.717) is 6.42 Å². The maximum atomic E-state index is 11.5. The van der Waals surface area contributed by atoms with Crippen LogP contribution in [0.25, 0.3) is 0 Å². The number of aliphatic hydroxyl groups excluding tert-OH is 2. The Labute approximate surface area is 134 Å². The van der Waals surface area contributed by atoms with Crippen molar-refractivity contribution in [2.45, 2.75) is 83.7 Å². The number of hydrogen-bond acceptors (Lipinski definition) is 5. The lowest BCUT2D eigenvalue weighted by atomic mass is 10.1. The van der Waals surface area contributed by atoms with Gasteiger partial charge in [0.2, 0.25) is 5.78 Å². The largest absolute Gasteiger partial charge is 0.457 e. The third-order valence-electron chi connectivity index (χ3n) is 3.60. The number of ketones is 1. The Bertz CT molecular complexity index is 291. The fraction of sp³-hybridized carbons (Fsp3) is 0.882. The van der Waals surface area contributed by atoms with Crippen LogP contribution in [0.4, 0.5) is 0 Å². The monoisotopic (exact) mass is 316 g/mol. The molecule has 0 heterocycles. The molecule has 5 nitrogen and oxygen atoms in total. The molecule has 0 fully saturated rings.